The summed E-state index contributed by atoms with van der Waals surface area (Å²) in [4.78, 5) is 21.3. The number of benzene rings is 2. The summed E-state index contributed by atoms with van der Waals surface area (Å²) >= 11 is 0. The van der Waals surface area contributed by atoms with Crippen LogP contribution < -0.4 is 0 Å². The molecule has 5 nitrogen and oxygen atoms in total. The molecule has 0 aliphatic carbocycles. The minimum absolute atomic E-state index is 0.00572. The molecule has 0 atom stereocenters. The zero-order valence-corrected chi connectivity index (χ0v) is 17.7. The monoisotopic (exact) mass is 458 g/mol. The van der Waals surface area contributed by atoms with E-state index >= 15 is 0 Å². The van der Waals surface area contributed by atoms with E-state index < -0.39 is 27.5 Å². The Labute approximate surface area is 182 Å². The molecule has 9 heteroatoms. The Kier molecular flexibility index (Phi) is 5.46. The van der Waals surface area contributed by atoms with Gasteiger partial charge in [-0.1, -0.05) is 36.4 Å². The van der Waals surface area contributed by atoms with Gasteiger partial charge < -0.3 is 0 Å². The van der Waals surface area contributed by atoms with Crippen molar-refractivity contribution >= 4 is 27.0 Å². The minimum Gasteiger partial charge on any atom is -0.287 e. The molecule has 0 bridgehead atoms. The largest absolute Gasteiger partial charge is 0.433 e. The van der Waals surface area contributed by atoms with Gasteiger partial charge in [0.15, 0.2) is 9.84 Å². The highest BCUT2D eigenvalue weighted by Crippen LogP contribution is 2.33. The first-order chi connectivity index (χ1) is 15.0. The van der Waals surface area contributed by atoms with Gasteiger partial charge in [0, 0.05) is 11.8 Å². The fraction of sp³-hybridized carbons (Fsp3) is 0.174. The number of nitrogens with zero attached hydrogens (tertiary/aromatic N) is 2. The van der Waals surface area contributed by atoms with Crippen LogP contribution in [-0.2, 0) is 22.4 Å². The number of sulfone groups is 1. The van der Waals surface area contributed by atoms with Crippen LogP contribution in [0.3, 0.4) is 0 Å². The zero-order chi connectivity index (χ0) is 23.1. The van der Waals surface area contributed by atoms with Gasteiger partial charge in [0.1, 0.15) is 5.69 Å². The van der Waals surface area contributed by atoms with Crippen molar-refractivity contribution < 1.29 is 26.4 Å². The Morgan fingerprint density at radius 2 is 1.69 bits per heavy atom. The number of alkyl halides is 3. The van der Waals surface area contributed by atoms with Gasteiger partial charge in [-0.05, 0) is 48.2 Å². The zero-order valence-electron chi connectivity index (χ0n) is 16.8. The van der Waals surface area contributed by atoms with E-state index in [-0.39, 0.29) is 40.4 Å². The molecule has 4 rings (SSSR count). The number of carbonyl (C=O) groups excluding carboxylic acids is 1. The number of aliphatic imine (C=N–C) groups is 1. The van der Waals surface area contributed by atoms with Crippen LogP contribution in [0.1, 0.15) is 28.2 Å². The highest BCUT2D eigenvalue weighted by atomic mass is 32.2. The number of aromatic nitrogens is 1. The van der Waals surface area contributed by atoms with Crippen molar-refractivity contribution in [1.82, 2.24) is 4.98 Å². The van der Waals surface area contributed by atoms with Crippen LogP contribution in [0, 0.1) is 0 Å². The first kappa shape index (κ1) is 21.9. The van der Waals surface area contributed by atoms with E-state index in [4.69, 9.17) is 0 Å². The van der Waals surface area contributed by atoms with E-state index in [1.807, 2.05) is 6.07 Å². The molecule has 1 aliphatic rings. The molecule has 0 saturated heterocycles. The summed E-state index contributed by atoms with van der Waals surface area (Å²) in [6.45, 7) is 0. The number of carbonyl (C=O) groups is 1. The first-order valence-corrected chi connectivity index (χ1v) is 11.5. The van der Waals surface area contributed by atoms with E-state index in [1.165, 1.54) is 18.2 Å². The maximum atomic E-state index is 13.4. The Morgan fingerprint density at radius 3 is 2.34 bits per heavy atom. The SMILES string of the molecule is CS(=O)(=O)c1ccc(-c2ccccc2)c(C(=O)C2=Nc3ccc(C(F)(F)F)nc3CC2)c1. The smallest absolute Gasteiger partial charge is 0.287 e. The van der Waals surface area contributed by atoms with Crippen LogP contribution in [-0.4, -0.2) is 31.2 Å². The number of fused-ring (bicyclic) bond motifs is 1. The molecular formula is C23H17F3N2O3S. The van der Waals surface area contributed by atoms with Crippen LogP contribution >= 0.6 is 0 Å². The molecule has 0 saturated carbocycles. The third kappa shape index (κ3) is 4.34. The number of ketones is 1. The van der Waals surface area contributed by atoms with Gasteiger partial charge in [-0.25, -0.2) is 18.4 Å². The molecule has 0 fully saturated rings. The van der Waals surface area contributed by atoms with Crippen molar-refractivity contribution in [3.8, 4) is 11.1 Å². The predicted molar refractivity (Wildman–Crippen MR) is 114 cm³/mol. The van der Waals surface area contributed by atoms with E-state index in [2.05, 4.69) is 9.98 Å². The number of hydrogen-bond acceptors (Lipinski definition) is 5. The number of rotatable bonds is 4. The summed E-state index contributed by atoms with van der Waals surface area (Å²) in [5.41, 5.74) is 0.945. The van der Waals surface area contributed by atoms with Gasteiger partial charge in [-0.2, -0.15) is 13.2 Å². The van der Waals surface area contributed by atoms with E-state index in [1.54, 1.807) is 30.3 Å². The van der Waals surface area contributed by atoms with Gasteiger partial charge >= 0.3 is 6.18 Å². The van der Waals surface area contributed by atoms with Crippen LogP contribution in [0.5, 0.6) is 0 Å². The average molecular weight is 458 g/mol. The highest BCUT2D eigenvalue weighted by molar-refractivity contribution is 7.90. The first-order valence-electron chi connectivity index (χ1n) is 9.63. The summed E-state index contributed by atoms with van der Waals surface area (Å²) in [5, 5.41) is 0. The van der Waals surface area contributed by atoms with Crippen LogP contribution in [0.4, 0.5) is 18.9 Å². The Balaban J connectivity index is 1.80. The Morgan fingerprint density at radius 1 is 0.969 bits per heavy atom. The summed E-state index contributed by atoms with van der Waals surface area (Å²) in [6.07, 6.45) is -3.30. The molecule has 1 aromatic heterocycles. The summed E-state index contributed by atoms with van der Waals surface area (Å²) in [7, 11) is -3.56. The second-order valence-electron chi connectivity index (χ2n) is 7.39. The number of hydrogen-bond donors (Lipinski definition) is 0. The minimum atomic E-state index is -4.56. The van der Waals surface area contributed by atoms with Crippen LogP contribution in [0.2, 0.25) is 0 Å². The average Bonchev–Trinajstić information content (AvgIpc) is 2.77. The lowest BCUT2D eigenvalue weighted by Gasteiger charge is -2.17. The van der Waals surface area contributed by atoms with Crippen molar-refractivity contribution in [3.63, 3.8) is 0 Å². The third-order valence-electron chi connectivity index (χ3n) is 5.11. The third-order valence-corrected chi connectivity index (χ3v) is 6.22. The van der Waals surface area contributed by atoms with Gasteiger partial charge in [0.25, 0.3) is 0 Å². The lowest BCUT2D eigenvalue weighted by Crippen LogP contribution is -2.20. The molecule has 0 spiro atoms. The molecule has 2 heterocycles. The predicted octanol–water partition coefficient (Wildman–Crippen LogP) is 5.07. The Bertz CT molecular complexity index is 1350. The highest BCUT2D eigenvalue weighted by Gasteiger charge is 2.34. The fourth-order valence-corrected chi connectivity index (χ4v) is 4.15. The number of pyridine rings is 1. The molecule has 2 aromatic carbocycles. The van der Waals surface area contributed by atoms with Crippen molar-refractivity contribution in [2.75, 3.05) is 6.26 Å². The molecule has 0 radical (unpaired) electrons. The number of Topliss-reactive ketones (excluding diaryl/α,β-unsaturated/α-hetero) is 1. The maximum absolute atomic E-state index is 13.4. The van der Waals surface area contributed by atoms with Crippen LogP contribution in [0.15, 0.2) is 70.6 Å². The molecule has 1 aliphatic heterocycles. The van der Waals surface area contributed by atoms with E-state index in [9.17, 15) is 26.4 Å². The van der Waals surface area contributed by atoms with Crippen molar-refractivity contribution in [1.29, 1.82) is 0 Å². The second-order valence-corrected chi connectivity index (χ2v) is 9.41. The molecular weight excluding hydrogens is 441 g/mol. The number of aryl methyl sites for hydroxylation is 1. The lowest BCUT2D eigenvalue weighted by molar-refractivity contribution is -0.141. The molecule has 32 heavy (non-hydrogen) atoms. The summed E-state index contributed by atoms with van der Waals surface area (Å²) in [5.74, 6) is -0.472. The van der Waals surface area contributed by atoms with Crippen molar-refractivity contribution in [3.05, 3.63) is 77.6 Å². The lowest BCUT2D eigenvalue weighted by atomic mass is 9.92. The normalized spacial score (nSPS) is 13.9. The molecule has 0 unspecified atom stereocenters. The molecule has 0 amide bonds. The van der Waals surface area contributed by atoms with Crippen molar-refractivity contribution in [2.45, 2.75) is 23.9 Å². The Hall–Kier alpha value is -3.33. The quantitative estimate of drug-likeness (QED) is 0.512. The molecule has 0 N–H and O–H groups in total. The van der Waals surface area contributed by atoms with E-state index in [0.717, 1.165) is 17.9 Å². The maximum Gasteiger partial charge on any atom is 0.433 e. The van der Waals surface area contributed by atoms with Gasteiger partial charge in [-0.15, -0.1) is 0 Å². The van der Waals surface area contributed by atoms with Crippen LogP contribution in [0.25, 0.3) is 11.1 Å². The van der Waals surface area contributed by atoms with Gasteiger partial charge in [0.05, 0.1) is 22.0 Å². The van der Waals surface area contributed by atoms with Gasteiger partial charge in [0.2, 0.25) is 5.78 Å². The second kappa shape index (κ2) is 7.98. The standard InChI is InChI=1S/C23H17F3N2O3S/c1-32(30,31)15-7-8-16(14-5-3-2-4-6-14)17(13-15)22(29)20-10-9-19-18(27-20)11-12-21(28-19)23(24,25)26/h2-8,11-13H,9-10H2,1H3. The summed E-state index contributed by atoms with van der Waals surface area (Å²) < 4.78 is 62.9. The fourth-order valence-electron chi connectivity index (χ4n) is 3.51. The van der Waals surface area contributed by atoms with Crippen molar-refractivity contribution in [2.24, 2.45) is 4.99 Å². The van der Waals surface area contributed by atoms with Gasteiger partial charge in [-0.3, -0.25) is 4.79 Å². The summed E-state index contributed by atoms with van der Waals surface area (Å²) in [6, 6.07) is 15.4. The number of halogens is 3. The topological polar surface area (TPSA) is 76.5 Å². The van der Waals surface area contributed by atoms with E-state index in [0.29, 0.717) is 5.56 Å². The molecule has 3 aromatic rings. The molecule has 164 valence electrons.